The molecule has 0 atom stereocenters. The molecular formula is C18H25IN4O. The average molecular weight is 440 g/mol. The summed E-state index contributed by atoms with van der Waals surface area (Å²) in [6, 6.07) is 10.3. The van der Waals surface area contributed by atoms with Crippen LogP contribution in [0.4, 0.5) is 0 Å². The van der Waals surface area contributed by atoms with Gasteiger partial charge in [0.1, 0.15) is 0 Å². The first kappa shape index (κ1) is 20.2. The Bertz CT molecular complexity index is 671. The van der Waals surface area contributed by atoms with Crippen LogP contribution < -0.4 is 15.4 Å². The highest BCUT2D eigenvalue weighted by Crippen LogP contribution is 2.10. The lowest BCUT2D eigenvalue weighted by Crippen LogP contribution is -2.36. The number of hydrogen-bond donors (Lipinski definition) is 2. The molecule has 0 aliphatic heterocycles. The van der Waals surface area contributed by atoms with E-state index in [1.54, 1.807) is 20.4 Å². The normalized spacial score (nSPS) is 10.8. The minimum atomic E-state index is 0. The van der Waals surface area contributed by atoms with Crippen LogP contribution in [-0.4, -0.2) is 25.1 Å². The summed E-state index contributed by atoms with van der Waals surface area (Å²) in [5.74, 6) is 1.38. The molecule has 6 heteroatoms. The molecule has 0 spiro atoms. The molecule has 2 N–H and O–H groups in total. The van der Waals surface area contributed by atoms with Crippen molar-refractivity contribution in [2.24, 2.45) is 4.99 Å². The first-order valence-corrected chi connectivity index (χ1v) is 7.62. The monoisotopic (exact) mass is 440 g/mol. The van der Waals surface area contributed by atoms with Crippen LogP contribution in [0, 0.1) is 13.8 Å². The number of pyridine rings is 1. The lowest BCUT2D eigenvalue weighted by molar-refractivity contribution is 0.397. The van der Waals surface area contributed by atoms with Gasteiger partial charge in [0.2, 0.25) is 5.88 Å². The summed E-state index contributed by atoms with van der Waals surface area (Å²) in [6.07, 6.45) is 1.79. The van der Waals surface area contributed by atoms with Crippen molar-refractivity contribution in [2.45, 2.75) is 26.9 Å². The Morgan fingerprint density at radius 1 is 1.12 bits per heavy atom. The van der Waals surface area contributed by atoms with E-state index in [1.165, 1.54) is 16.7 Å². The van der Waals surface area contributed by atoms with Crippen molar-refractivity contribution in [3.05, 3.63) is 58.8 Å². The van der Waals surface area contributed by atoms with Gasteiger partial charge in [0, 0.05) is 32.4 Å². The van der Waals surface area contributed by atoms with Gasteiger partial charge in [-0.15, -0.1) is 24.0 Å². The van der Waals surface area contributed by atoms with Crippen LogP contribution >= 0.6 is 24.0 Å². The van der Waals surface area contributed by atoms with Gasteiger partial charge in [-0.1, -0.05) is 29.8 Å². The Kier molecular flexibility index (Phi) is 8.53. The van der Waals surface area contributed by atoms with Crippen LogP contribution in [0.5, 0.6) is 5.88 Å². The fraction of sp³-hybridized carbons (Fsp3) is 0.333. The molecule has 0 radical (unpaired) electrons. The maximum atomic E-state index is 5.06. The number of methoxy groups -OCH3 is 1. The quantitative estimate of drug-likeness (QED) is 0.426. The summed E-state index contributed by atoms with van der Waals surface area (Å²) in [5, 5.41) is 6.61. The van der Waals surface area contributed by atoms with E-state index < -0.39 is 0 Å². The fourth-order valence-corrected chi connectivity index (χ4v) is 2.27. The van der Waals surface area contributed by atoms with E-state index in [-0.39, 0.29) is 24.0 Å². The molecule has 130 valence electrons. The molecule has 0 bridgehead atoms. The van der Waals surface area contributed by atoms with Crippen LogP contribution in [0.3, 0.4) is 0 Å². The van der Waals surface area contributed by atoms with Crippen LogP contribution in [0.1, 0.15) is 22.3 Å². The molecule has 0 amide bonds. The lowest BCUT2D eigenvalue weighted by atomic mass is 10.1. The maximum Gasteiger partial charge on any atom is 0.212 e. The smallest absolute Gasteiger partial charge is 0.212 e. The number of hydrogen-bond acceptors (Lipinski definition) is 3. The number of aliphatic imine (C=N–C) groups is 1. The Hall–Kier alpha value is -1.83. The molecule has 5 nitrogen and oxygen atoms in total. The van der Waals surface area contributed by atoms with Crippen LogP contribution in [0.15, 0.2) is 41.5 Å². The molecule has 0 fully saturated rings. The molecule has 2 rings (SSSR count). The number of guanidine groups is 1. The Morgan fingerprint density at radius 2 is 1.88 bits per heavy atom. The molecule has 0 aliphatic rings. The molecule has 0 saturated carbocycles. The van der Waals surface area contributed by atoms with Crippen molar-refractivity contribution < 1.29 is 4.74 Å². The van der Waals surface area contributed by atoms with Gasteiger partial charge in [0.05, 0.1) is 7.11 Å². The van der Waals surface area contributed by atoms with Crippen molar-refractivity contribution in [1.82, 2.24) is 15.6 Å². The van der Waals surface area contributed by atoms with E-state index in [2.05, 4.69) is 52.7 Å². The highest BCUT2D eigenvalue weighted by atomic mass is 127. The largest absolute Gasteiger partial charge is 0.481 e. The summed E-state index contributed by atoms with van der Waals surface area (Å²) in [4.78, 5) is 8.44. The van der Waals surface area contributed by atoms with Crippen molar-refractivity contribution in [2.75, 3.05) is 14.2 Å². The second-order valence-corrected chi connectivity index (χ2v) is 5.42. The second kappa shape index (κ2) is 10.1. The number of nitrogens with zero attached hydrogens (tertiary/aromatic N) is 2. The predicted octanol–water partition coefficient (Wildman–Crippen LogP) is 3.19. The standard InChI is InChI=1S/C18H24N4O.HI/c1-13-5-7-16(14(2)9-13)12-22-18(19-3)21-11-15-6-8-17(23-4)20-10-15;/h5-10H,11-12H2,1-4H3,(H2,19,21,22);1H. The highest BCUT2D eigenvalue weighted by Gasteiger charge is 2.02. The Balaban J connectivity index is 0.00000288. The Labute approximate surface area is 161 Å². The number of nitrogens with one attached hydrogen (secondary N) is 2. The summed E-state index contributed by atoms with van der Waals surface area (Å²) >= 11 is 0. The van der Waals surface area contributed by atoms with Crippen molar-refractivity contribution in [3.8, 4) is 5.88 Å². The second-order valence-electron chi connectivity index (χ2n) is 5.42. The van der Waals surface area contributed by atoms with E-state index in [9.17, 15) is 0 Å². The van der Waals surface area contributed by atoms with Gasteiger partial charge in [-0.05, 0) is 30.5 Å². The lowest BCUT2D eigenvalue weighted by Gasteiger charge is -2.13. The molecule has 0 saturated heterocycles. The van der Waals surface area contributed by atoms with Gasteiger partial charge in [0.15, 0.2) is 5.96 Å². The van der Waals surface area contributed by atoms with E-state index in [0.717, 1.165) is 18.1 Å². The number of ether oxygens (including phenoxy) is 1. The molecule has 0 aliphatic carbocycles. The number of aromatic nitrogens is 1. The highest BCUT2D eigenvalue weighted by molar-refractivity contribution is 14.0. The average Bonchev–Trinajstić information content (AvgIpc) is 2.57. The van der Waals surface area contributed by atoms with Gasteiger partial charge >= 0.3 is 0 Å². The van der Waals surface area contributed by atoms with Gasteiger partial charge in [0.25, 0.3) is 0 Å². The van der Waals surface area contributed by atoms with Crippen LogP contribution in [0.2, 0.25) is 0 Å². The van der Waals surface area contributed by atoms with Gasteiger partial charge in [-0.25, -0.2) is 4.98 Å². The van der Waals surface area contributed by atoms with Crippen LogP contribution in [0.25, 0.3) is 0 Å². The third-order valence-corrected chi connectivity index (χ3v) is 3.63. The van der Waals surface area contributed by atoms with Gasteiger partial charge in [-0.3, -0.25) is 4.99 Å². The first-order valence-electron chi connectivity index (χ1n) is 7.62. The summed E-state index contributed by atoms with van der Waals surface area (Å²) in [5.41, 5.74) is 4.90. The van der Waals surface area contributed by atoms with Crippen molar-refractivity contribution >= 4 is 29.9 Å². The zero-order valence-electron chi connectivity index (χ0n) is 14.6. The van der Waals surface area contributed by atoms with Gasteiger partial charge in [-0.2, -0.15) is 0 Å². The Morgan fingerprint density at radius 3 is 2.46 bits per heavy atom. The zero-order chi connectivity index (χ0) is 16.7. The first-order chi connectivity index (χ1) is 11.1. The number of aryl methyl sites for hydroxylation is 2. The van der Waals surface area contributed by atoms with E-state index in [4.69, 9.17) is 4.74 Å². The van der Waals surface area contributed by atoms with E-state index >= 15 is 0 Å². The fourth-order valence-electron chi connectivity index (χ4n) is 2.27. The zero-order valence-corrected chi connectivity index (χ0v) is 16.9. The molecule has 1 heterocycles. The number of benzene rings is 1. The minimum absolute atomic E-state index is 0. The predicted molar refractivity (Wildman–Crippen MR) is 109 cm³/mol. The summed E-state index contributed by atoms with van der Waals surface area (Å²) in [6.45, 7) is 5.63. The van der Waals surface area contributed by atoms with Gasteiger partial charge < -0.3 is 15.4 Å². The number of halogens is 1. The number of rotatable bonds is 5. The molecule has 2 aromatic rings. The minimum Gasteiger partial charge on any atom is -0.481 e. The molecule has 1 aromatic heterocycles. The topological polar surface area (TPSA) is 58.5 Å². The molecule has 0 unspecified atom stereocenters. The molecule has 24 heavy (non-hydrogen) atoms. The van der Waals surface area contributed by atoms with Crippen molar-refractivity contribution in [3.63, 3.8) is 0 Å². The third kappa shape index (κ3) is 5.99. The SMILES string of the molecule is CN=C(NCc1ccc(OC)nc1)NCc1ccc(C)cc1C.I. The molecule has 1 aromatic carbocycles. The molecular weight excluding hydrogens is 415 g/mol. The van der Waals surface area contributed by atoms with Crippen molar-refractivity contribution in [1.29, 1.82) is 0 Å². The maximum absolute atomic E-state index is 5.06. The third-order valence-electron chi connectivity index (χ3n) is 3.63. The van der Waals surface area contributed by atoms with Crippen LogP contribution in [-0.2, 0) is 13.1 Å². The summed E-state index contributed by atoms with van der Waals surface area (Å²) in [7, 11) is 3.38. The summed E-state index contributed by atoms with van der Waals surface area (Å²) < 4.78 is 5.06. The van der Waals surface area contributed by atoms with E-state index in [1.807, 2.05) is 12.1 Å². The van der Waals surface area contributed by atoms with E-state index in [0.29, 0.717) is 12.4 Å².